The van der Waals surface area contributed by atoms with Crippen molar-refractivity contribution in [1.82, 2.24) is 30.2 Å². The van der Waals surface area contributed by atoms with Crippen molar-refractivity contribution < 1.29 is 91.5 Å². The van der Waals surface area contributed by atoms with Crippen LogP contribution in [0, 0.1) is 0 Å². The molecule has 4 N–H and O–H groups in total. The van der Waals surface area contributed by atoms with Gasteiger partial charge >= 0.3 is 49.0 Å². The normalized spacial score (nSPS) is 18.2. The lowest BCUT2D eigenvalue weighted by Crippen LogP contribution is -2.48. The van der Waals surface area contributed by atoms with Crippen LogP contribution in [0.25, 0.3) is 0 Å². The maximum Gasteiger partial charge on any atom is 0.416 e. The summed E-state index contributed by atoms with van der Waals surface area (Å²) >= 11 is 0. The van der Waals surface area contributed by atoms with E-state index in [0.29, 0.717) is 24.3 Å². The first-order chi connectivity index (χ1) is 35.6. The first-order valence-electron chi connectivity index (χ1n) is 23.4. The molecular formula is C50H54F12N6O8. The Morgan fingerprint density at radius 1 is 0.526 bits per heavy atom. The molecule has 4 aromatic carbocycles. The summed E-state index contributed by atoms with van der Waals surface area (Å²) in [5.74, 6) is 0. The molecule has 6 rings (SSSR count). The molecule has 2 aliphatic heterocycles. The number of nitrogens with one attached hydrogen (secondary N) is 2. The molecule has 0 spiro atoms. The molecule has 0 unspecified atom stereocenters. The molecule has 0 aromatic heterocycles. The van der Waals surface area contributed by atoms with E-state index in [-0.39, 0.29) is 88.3 Å². The smallest absolute Gasteiger partial charge is 0.416 e. The second-order valence-electron chi connectivity index (χ2n) is 17.7. The number of piperidine rings is 2. The number of benzene rings is 4. The number of ether oxygens (including phenoxy) is 2. The summed E-state index contributed by atoms with van der Waals surface area (Å²) in [6.45, 7) is -1.26. The third-order valence-electron chi connectivity index (χ3n) is 12.1. The lowest BCUT2D eigenvalue weighted by atomic mass is 9.93. The predicted octanol–water partition coefficient (Wildman–Crippen LogP) is 10.4. The molecule has 0 aliphatic carbocycles. The van der Waals surface area contributed by atoms with Crippen LogP contribution >= 0.6 is 0 Å². The average molecular weight is 1090 g/mol. The Morgan fingerprint density at radius 2 is 0.829 bits per heavy atom. The zero-order chi connectivity index (χ0) is 56.2. The second kappa shape index (κ2) is 25.7. The van der Waals surface area contributed by atoms with Crippen molar-refractivity contribution in [2.24, 2.45) is 0 Å². The van der Waals surface area contributed by atoms with Crippen LogP contribution in [0.5, 0.6) is 0 Å². The van der Waals surface area contributed by atoms with Gasteiger partial charge in [0.25, 0.3) is 0 Å². The molecule has 76 heavy (non-hydrogen) atoms. The van der Waals surface area contributed by atoms with Crippen LogP contribution in [-0.4, -0.2) is 120 Å². The van der Waals surface area contributed by atoms with E-state index in [1.165, 1.54) is 23.9 Å². The number of amides is 6. The monoisotopic (exact) mass is 1090 g/mol. The molecule has 2 aliphatic rings. The number of alkyl halides is 12. The van der Waals surface area contributed by atoms with E-state index in [9.17, 15) is 71.9 Å². The van der Waals surface area contributed by atoms with Gasteiger partial charge in [-0.3, -0.25) is 0 Å². The number of aliphatic hydroxyl groups excluding tert-OH is 2. The van der Waals surface area contributed by atoms with Gasteiger partial charge in [-0.1, -0.05) is 60.7 Å². The van der Waals surface area contributed by atoms with Crippen molar-refractivity contribution in [3.8, 4) is 0 Å². The van der Waals surface area contributed by atoms with Gasteiger partial charge < -0.3 is 49.9 Å². The molecule has 0 radical (unpaired) electrons. The van der Waals surface area contributed by atoms with Gasteiger partial charge in [0, 0.05) is 79.0 Å². The van der Waals surface area contributed by atoms with Gasteiger partial charge in [-0.25, -0.2) is 19.2 Å². The van der Waals surface area contributed by atoms with Gasteiger partial charge in [0.2, 0.25) is 0 Å². The van der Waals surface area contributed by atoms with Gasteiger partial charge in [0.05, 0.1) is 47.6 Å². The molecule has 416 valence electrons. The predicted molar refractivity (Wildman–Crippen MR) is 248 cm³/mol. The Morgan fingerprint density at radius 3 is 1.11 bits per heavy atom. The van der Waals surface area contributed by atoms with E-state index in [1.807, 2.05) is 0 Å². The van der Waals surface area contributed by atoms with Crippen molar-refractivity contribution >= 4 is 24.2 Å². The molecule has 0 bridgehead atoms. The van der Waals surface area contributed by atoms with Crippen molar-refractivity contribution in [2.45, 2.75) is 87.8 Å². The minimum Gasteiger partial charge on any atom is -0.446 e. The molecule has 2 saturated heterocycles. The number of halogens is 12. The second-order valence-corrected chi connectivity index (χ2v) is 17.7. The highest BCUT2D eigenvalue weighted by atomic mass is 19.4. The van der Waals surface area contributed by atoms with E-state index >= 15 is 0 Å². The molecule has 2 fully saturated rings. The van der Waals surface area contributed by atoms with Crippen molar-refractivity contribution in [2.75, 3.05) is 53.5 Å². The van der Waals surface area contributed by atoms with Crippen LogP contribution in [-0.2, 0) is 47.3 Å². The van der Waals surface area contributed by atoms with Crippen molar-refractivity contribution in [3.05, 3.63) is 142 Å². The fourth-order valence-corrected chi connectivity index (χ4v) is 8.57. The number of hydrogen-bond acceptors (Lipinski definition) is 8. The van der Waals surface area contributed by atoms with Crippen molar-refractivity contribution in [3.63, 3.8) is 0 Å². The summed E-state index contributed by atoms with van der Waals surface area (Å²) in [5.41, 5.74) is -5.03. The van der Waals surface area contributed by atoms with E-state index in [2.05, 4.69) is 10.6 Å². The molecule has 4 aromatic rings. The number of likely N-dealkylation sites (tertiary alicyclic amines) is 2. The molecule has 14 nitrogen and oxygen atoms in total. The fourth-order valence-electron chi connectivity index (χ4n) is 8.57. The molecular weight excluding hydrogens is 1040 g/mol. The minimum absolute atomic E-state index is 0.00860. The Kier molecular flexibility index (Phi) is 20.3. The summed E-state index contributed by atoms with van der Waals surface area (Å²) < 4.78 is 170. The molecule has 6 amide bonds. The van der Waals surface area contributed by atoms with Crippen LogP contribution in [0.4, 0.5) is 71.9 Å². The summed E-state index contributed by atoms with van der Waals surface area (Å²) in [6.07, 6.45) is -21.6. The lowest BCUT2D eigenvalue weighted by Gasteiger charge is -2.41. The van der Waals surface area contributed by atoms with Crippen LogP contribution in [0.1, 0.15) is 82.3 Å². The lowest BCUT2D eigenvalue weighted by molar-refractivity contribution is -0.144. The summed E-state index contributed by atoms with van der Waals surface area (Å²) in [7, 11) is 2.59. The van der Waals surface area contributed by atoms with Crippen LogP contribution < -0.4 is 10.6 Å². The quantitative estimate of drug-likeness (QED) is 0.102. The third-order valence-corrected chi connectivity index (χ3v) is 12.1. The average Bonchev–Trinajstić information content (AvgIpc) is 3.36. The van der Waals surface area contributed by atoms with Gasteiger partial charge in [-0.15, -0.1) is 0 Å². The van der Waals surface area contributed by atoms with Gasteiger partial charge in [-0.05, 0) is 58.7 Å². The molecule has 4 atom stereocenters. The van der Waals surface area contributed by atoms with Crippen LogP contribution in [0.3, 0.4) is 0 Å². The number of rotatable bonds is 12. The molecule has 0 saturated carbocycles. The first-order valence-corrected chi connectivity index (χ1v) is 23.4. The topological polar surface area (TPSA) is 164 Å². The van der Waals surface area contributed by atoms with Gasteiger partial charge in [0.1, 0.15) is 12.2 Å². The number of carbonyl (C=O) groups excluding carboxylic acids is 4. The maximum absolute atomic E-state index is 13.4. The Hall–Kier alpha value is -6.96. The van der Waals surface area contributed by atoms with Gasteiger partial charge in [0.15, 0.2) is 0 Å². The minimum atomic E-state index is -5.00. The zero-order valence-corrected chi connectivity index (χ0v) is 40.7. The van der Waals surface area contributed by atoms with Gasteiger partial charge in [-0.2, -0.15) is 52.7 Å². The number of hydrogen-bond donors (Lipinski definition) is 4. The first kappa shape index (κ1) is 59.9. The van der Waals surface area contributed by atoms with E-state index < -0.39 is 109 Å². The largest absolute Gasteiger partial charge is 0.446 e. The number of alkyl carbamates (subject to hydrolysis) is 2. The zero-order valence-electron chi connectivity index (χ0n) is 40.7. The summed E-state index contributed by atoms with van der Waals surface area (Å²) in [4.78, 5) is 55.7. The number of urea groups is 2. The maximum atomic E-state index is 13.4. The van der Waals surface area contributed by atoms with E-state index in [1.54, 1.807) is 60.7 Å². The summed E-state index contributed by atoms with van der Waals surface area (Å²) in [5, 5.41) is 22.5. The molecule has 26 heteroatoms. The van der Waals surface area contributed by atoms with E-state index in [4.69, 9.17) is 19.7 Å². The van der Waals surface area contributed by atoms with Crippen LogP contribution in [0.15, 0.2) is 97.1 Å². The molecule has 2 heterocycles. The Labute approximate surface area is 428 Å². The highest BCUT2D eigenvalue weighted by molar-refractivity contribution is 5.76. The summed E-state index contributed by atoms with van der Waals surface area (Å²) in [6, 6.07) is 17.7. The van der Waals surface area contributed by atoms with E-state index in [0.717, 1.165) is 20.9 Å². The van der Waals surface area contributed by atoms with Crippen molar-refractivity contribution in [1.29, 1.82) is 0 Å². The third kappa shape index (κ3) is 17.0. The fraction of sp³-hybridized carbons (Fsp3) is 0.440. The number of aliphatic hydroxyl groups is 2. The standard InChI is InChI=1S/2C25H27F6N3O4/c2*1-33(15-16-11-18(24(26,27)28)13-19(12-16)25(29,30)31)23(37)34-9-7-20(38-22(36)32-8-10-35)14-21(34)17-5-3-2-4-6-17/h2*2-6,11-13,20-21,35H,7-10,14-15H2,1H3,(H,32,36)/t2*20-,21-/m10/s1. The SMILES string of the molecule is CN(Cc1cc(C(F)(F)F)cc(C(F)(F)F)c1)C(=O)N1CC[C@@H](OC(=O)NCCO)C[C@@H]1c1ccccc1.CN(Cc1cc(C(F)(F)F)cc(C(F)(F)F)c1)C(=O)N1CC[C@H](OC(=O)NCCO)C[C@H]1c1ccccc1. The number of carbonyl (C=O) groups is 4. The Bertz CT molecular complexity index is 2330. The van der Waals surface area contributed by atoms with Crippen LogP contribution in [0.2, 0.25) is 0 Å². The Balaban J connectivity index is 0.000000281. The highest BCUT2D eigenvalue weighted by Gasteiger charge is 2.41. The highest BCUT2D eigenvalue weighted by Crippen LogP contribution is 2.40. The number of nitrogens with zero attached hydrogens (tertiary/aromatic N) is 4.